The Morgan fingerprint density at radius 1 is 1.17 bits per heavy atom. The van der Waals surface area contributed by atoms with Crippen LogP contribution in [0, 0.1) is 12.7 Å². The van der Waals surface area contributed by atoms with Crippen LogP contribution in [0.25, 0.3) is 0 Å². The first kappa shape index (κ1) is 21.8. The van der Waals surface area contributed by atoms with Gasteiger partial charge in [0.15, 0.2) is 6.61 Å². The first-order valence-corrected chi connectivity index (χ1v) is 10.0. The molecule has 0 bridgehead atoms. The van der Waals surface area contributed by atoms with Crippen LogP contribution in [0.2, 0.25) is 0 Å². The predicted octanol–water partition coefficient (Wildman–Crippen LogP) is 2.87. The third-order valence-electron chi connectivity index (χ3n) is 5.26. The van der Waals surface area contributed by atoms with Crippen molar-refractivity contribution >= 4 is 11.9 Å². The Bertz CT molecular complexity index is 901. The zero-order valence-corrected chi connectivity index (χ0v) is 17.3. The van der Waals surface area contributed by atoms with Gasteiger partial charge in [-0.15, -0.1) is 0 Å². The number of nitrogens with zero attached hydrogens (tertiary/aromatic N) is 2. The van der Waals surface area contributed by atoms with Gasteiger partial charge >= 0.3 is 5.97 Å². The van der Waals surface area contributed by atoms with Crippen LogP contribution in [0.15, 0.2) is 42.5 Å². The van der Waals surface area contributed by atoms with Gasteiger partial charge in [0, 0.05) is 37.8 Å². The molecule has 1 N–H and O–H groups in total. The van der Waals surface area contributed by atoms with E-state index in [9.17, 15) is 14.0 Å². The summed E-state index contributed by atoms with van der Waals surface area (Å²) in [6.07, 6.45) is -0.149. The van der Waals surface area contributed by atoms with E-state index in [1.165, 1.54) is 12.1 Å². The molecule has 1 aliphatic rings. The normalized spacial score (nSPS) is 17.0. The lowest BCUT2D eigenvalue weighted by atomic mass is 10.1. The molecule has 3 rings (SSSR count). The quantitative estimate of drug-likeness (QED) is 0.755. The van der Waals surface area contributed by atoms with Gasteiger partial charge in [-0.05, 0) is 37.6 Å². The van der Waals surface area contributed by atoms with E-state index in [4.69, 9.17) is 9.84 Å². The number of rotatable bonds is 7. The van der Waals surface area contributed by atoms with Gasteiger partial charge in [-0.2, -0.15) is 0 Å². The van der Waals surface area contributed by atoms with Crippen LogP contribution < -0.4 is 4.74 Å². The minimum absolute atomic E-state index is 0.0202. The second-order valence-corrected chi connectivity index (χ2v) is 7.77. The van der Waals surface area contributed by atoms with Crippen LogP contribution in [0.5, 0.6) is 5.75 Å². The lowest BCUT2D eigenvalue weighted by Gasteiger charge is -2.39. The average Bonchev–Trinajstić information content (AvgIpc) is 2.68. The van der Waals surface area contributed by atoms with Gasteiger partial charge in [0.05, 0.1) is 6.42 Å². The SMILES string of the molecule is Cc1ccc(OCC(=O)N2CCN(Cc3ccc(F)cc3)CC2C)c(CC(=O)O)c1. The Hall–Kier alpha value is -2.93. The predicted molar refractivity (Wildman–Crippen MR) is 111 cm³/mol. The molecule has 0 radical (unpaired) electrons. The molecule has 2 aromatic rings. The number of aliphatic carboxylic acids is 1. The number of hydrogen-bond donors (Lipinski definition) is 1. The van der Waals surface area contributed by atoms with Gasteiger partial charge < -0.3 is 14.7 Å². The molecule has 6 nitrogen and oxygen atoms in total. The van der Waals surface area contributed by atoms with Crippen molar-refractivity contribution in [3.05, 3.63) is 65.0 Å². The highest BCUT2D eigenvalue weighted by molar-refractivity contribution is 5.78. The summed E-state index contributed by atoms with van der Waals surface area (Å²) in [5, 5.41) is 9.09. The number of benzene rings is 2. The van der Waals surface area contributed by atoms with Crippen molar-refractivity contribution in [2.24, 2.45) is 0 Å². The largest absolute Gasteiger partial charge is 0.483 e. The van der Waals surface area contributed by atoms with Crippen molar-refractivity contribution in [2.75, 3.05) is 26.2 Å². The van der Waals surface area contributed by atoms with E-state index in [-0.39, 0.29) is 30.8 Å². The lowest BCUT2D eigenvalue weighted by molar-refractivity contribution is -0.138. The highest BCUT2D eigenvalue weighted by Crippen LogP contribution is 2.21. The van der Waals surface area contributed by atoms with Gasteiger partial charge in [-0.3, -0.25) is 14.5 Å². The van der Waals surface area contributed by atoms with Crippen molar-refractivity contribution in [3.63, 3.8) is 0 Å². The summed E-state index contributed by atoms with van der Waals surface area (Å²) in [5.74, 6) is -0.880. The van der Waals surface area contributed by atoms with Gasteiger partial charge in [0.25, 0.3) is 5.91 Å². The highest BCUT2D eigenvalue weighted by Gasteiger charge is 2.27. The maximum atomic E-state index is 13.1. The van der Waals surface area contributed by atoms with Gasteiger partial charge in [0.2, 0.25) is 0 Å². The molecular weight excluding hydrogens is 387 g/mol. The summed E-state index contributed by atoms with van der Waals surface area (Å²) < 4.78 is 18.8. The van der Waals surface area contributed by atoms with Crippen molar-refractivity contribution in [1.29, 1.82) is 0 Å². The fraction of sp³-hybridized carbons (Fsp3) is 0.391. The standard InChI is InChI=1S/C23H27FN2O4/c1-16-3-8-21(19(11-16)12-23(28)29)30-15-22(27)26-10-9-25(13-17(26)2)14-18-4-6-20(24)7-5-18/h3-8,11,17H,9-10,12-15H2,1-2H3,(H,28,29). The molecule has 1 atom stereocenters. The lowest BCUT2D eigenvalue weighted by Crippen LogP contribution is -2.54. The summed E-state index contributed by atoms with van der Waals surface area (Å²) in [4.78, 5) is 27.8. The molecule has 1 amide bonds. The first-order valence-electron chi connectivity index (χ1n) is 10.0. The Labute approximate surface area is 175 Å². The van der Waals surface area contributed by atoms with Gasteiger partial charge in [-0.1, -0.05) is 29.8 Å². The molecule has 7 heteroatoms. The Balaban J connectivity index is 1.54. The molecule has 0 aliphatic carbocycles. The van der Waals surface area contributed by atoms with E-state index >= 15 is 0 Å². The summed E-state index contributed by atoms with van der Waals surface area (Å²) >= 11 is 0. The number of ether oxygens (including phenoxy) is 1. The third kappa shape index (κ3) is 5.79. The van der Waals surface area contributed by atoms with Crippen LogP contribution in [-0.2, 0) is 22.6 Å². The number of aryl methyl sites for hydroxylation is 1. The van der Waals surface area contributed by atoms with Crippen molar-refractivity contribution < 1.29 is 23.8 Å². The minimum atomic E-state index is -0.942. The van der Waals surface area contributed by atoms with E-state index in [2.05, 4.69) is 4.90 Å². The first-order chi connectivity index (χ1) is 14.3. The molecule has 1 aliphatic heterocycles. The molecule has 0 saturated carbocycles. The minimum Gasteiger partial charge on any atom is -0.483 e. The van der Waals surface area contributed by atoms with Gasteiger partial charge in [0.1, 0.15) is 11.6 Å². The van der Waals surface area contributed by atoms with E-state index < -0.39 is 5.97 Å². The zero-order chi connectivity index (χ0) is 21.7. The second kappa shape index (κ2) is 9.71. The van der Waals surface area contributed by atoms with Crippen LogP contribution in [0.4, 0.5) is 4.39 Å². The fourth-order valence-corrected chi connectivity index (χ4v) is 3.77. The van der Waals surface area contributed by atoms with Crippen molar-refractivity contribution in [1.82, 2.24) is 9.80 Å². The number of carbonyl (C=O) groups is 2. The Morgan fingerprint density at radius 2 is 1.90 bits per heavy atom. The van der Waals surface area contributed by atoms with Crippen LogP contribution >= 0.6 is 0 Å². The maximum Gasteiger partial charge on any atom is 0.307 e. The monoisotopic (exact) mass is 414 g/mol. The number of halogens is 1. The van der Waals surface area contributed by atoms with Crippen molar-refractivity contribution in [3.8, 4) is 5.75 Å². The molecule has 160 valence electrons. The molecule has 1 saturated heterocycles. The smallest absolute Gasteiger partial charge is 0.307 e. The van der Waals surface area contributed by atoms with Crippen LogP contribution in [0.3, 0.4) is 0 Å². The van der Waals surface area contributed by atoms with Gasteiger partial charge in [-0.25, -0.2) is 4.39 Å². The fourth-order valence-electron chi connectivity index (χ4n) is 3.77. The number of hydrogen-bond acceptors (Lipinski definition) is 4. The number of carboxylic acids is 1. The molecule has 1 fully saturated rings. The summed E-state index contributed by atoms with van der Waals surface area (Å²) in [6.45, 7) is 6.49. The average molecular weight is 414 g/mol. The number of amides is 1. The third-order valence-corrected chi connectivity index (χ3v) is 5.26. The number of carbonyl (C=O) groups excluding carboxylic acids is 1. The van der Waals surface area contributed by atoms with Crippen LogP contribution in [-0.4, -0.2) is 59.1 Å². The molecule has 2 aromatic carbocycles. The zero-order valence-electron chi connectivity index (χ0n) is 17.3. The number of carboxylic acid groups (broad SMARTS) is 1. The van der Waals surface area contributed by atoms with E-state index in [0.29, 0.717) is 24.4 Å². The van der Waals surface area contributed by atoms with E-state index in [0.717, 1.165) is 24.2 Å². The molecule has 0 spiro atoms. The Kier molecular flexibility index (Phi) is 7.05. The second-order valence-electron chi connectivity index (χ2n) is 7.77. The molecule has 1 unspecified atom stereocenters. The molecular formula is C23H27FN2O4. The molecule has 1 heterocycles. The summed E-state index contributed by atoms with van der Waals surface area (Å²) in [5.41, 5.74) is 2.54. The topological polar surface area (TPSA) is 70.1 Å². The Morgan fingerprint density at radius 3 is 2.57 bits per heavy atom. The van der Waals surface area contributed by atoms with Crippen molar-refractivity contribution in [2.45, 2.75) is 32.9 Å². The highest BCUT2D eigenvalue weighted by atomic mass is 19.1. The van der Waals surface area contributed by atoms with Crippen LogP contribution in [0.1, 0.15) is 23.6 Å². The molecule has 30 heavy (non-hydrogen) atoms. The maximum absolute atomic E-state index is 13.1. The summed E-state index contributed by atoms with van der Waals surface area (Å²) in [6, 6.07) is 11.8. The molecule has 0 aromatic heterocycles. The number of piperazine rings is 1. The summed E-state index contributed by atoms with van der Waals surface area (Å²) in [7, 11) is 0. The van der Waals surface area contributed by atoms with E-state index in [1.54, 1.807) is 29.2 Å². The van der Waals surface area contributed by atoms with E-state index in [1.807, 2.05) is 19.9 Å².